The van der Waals surface area contributed by atoms with E-state index in [0.717, 1.165) is 6.42 Å². The number of unbranched alkanes of at least 4 members (excludes halogenated alkanes) is 3. The number of rotatable bonds is 6. The van der Waals surface area contributed by atoms with Crippen LogP contribution in [0.3, 0.4) is 0 Å². The molecule has 0 saturated heterocycles. The van der Waals surface area contributed by atoms with Gasteiger partial charge in [-0.3, -0.25) is 0 Å². The first kappa shape index (κ1) is 13.2. The Morgan fingerprint density at radius 2 is 2.00 bits per heavy atom. The van der Waals surface area contributed by atoms with E-state index in [-0.39, 0.29) is 16.5 Å². The van der Waals surface area contributed by atoms with E-state index in [4.69, 9.17) is 0 Å². The van der Waals surface area contributed by atoms with Crippen LogP contribution in [0, 0.1) is 0 Å². The van der Waals surface area contributed by atoms with Crippen LogP contribution in [-0.2, 0) is 25.6 Å². The SMILES string of the molecule is CCCCCCO[PH+]=O.[Ni]. The fraction of sp³-hybridized carbons (Fsp3) is 1.00. The van der Waals surface area contributed by atoms with Crippen LogP contribution >= 0.6 is 8.69 Å². The van der Waals surface area contributed by atoms with Gasteiger partial charge in [-0.2, -0.15) is 0 Å². The molecule has 0 bridgehead atoms. The average Bonchev–Trinajstić information content (AvgIpc) is 1.89. The van der Waals surface area contributed by atoms with E-state index in [2.05, 4.69) is 11.4 Å². The maximum Gasteiger partial charge on any atom is 0.494 e. The van der Waals surface area contributed by atoms with Crippen molar-refractivity contribution < 1.29 is 25.6 Å². The normalized spacial score (nSPS) is 9.30. The van der Waals surface area contributed by atoms with Crippen molar-refractivity contribution in [3.05, 3.63) is 0 Å². The van der Waals surface area contributed by atoms with Crippen LogP contribution in [-0.4, -0.2) is 6.61 Å². The van der Waals surface area contributed by atoms with E-state index in [1.807, 2.05) is 0 Å². The summed E-state index contributed by atoms with van der Waals surface area (Å²) < 4.78 is 14.4. The Balaban J connectivity index is 0. The molecule has 0 fully saturated rings. The molecule has 0 saturated carbocycles. The van der Waals surface area contributed by atoms with Crippen LogP contribution in [0.2, 0.25) is 0 Å². The molecule has 0 aromatic carbocycles. The van der Waals surface area contributed by atoms with Gasteiger partial charge in [0.2, 0.25) is 0 Å². The Kier molecular flexibility index (Phi) is 16.1. The third kappa shape index (κ3) is 11.4. The van der Waals surface area contributed by atoms with Crippen LogP contribution in [0.15, 0.2) is 0 Å². The number of hydrogen-bond donors (Lipinski definition) is 0. The fourth-order valence-corrected chi connectivity index (χ4v) is 0.870. The summed E-state index contributed by atoms with van der Waals surface area (Å²) >= 11 is 0. The molecule has 10 heavy (non-hydrogen) atoms. The molecule has 4 heteroatoms. The Labute approximate surface area is 73.9 Å². The summed E-state index contributed by atoms with van der Waals surface area (Å²) in [5.41, 5.74) is 0. The standard InChI is InChI=1S/C6H14O2P.Ni/c1-2-3-4-5-6-8-9-7;/h9H,2-6H2,1H3;/q+1;. The molecule has 0 radical (unpaired) electrons. The summed E-state index contributed by atoms with van der Waals surface area (Å²) in [7, 11) is -0.580. The molecule has 0 amide bonds. The zero-order chi connectivity index (χ0) is 6.95. The molecule has 0 aromatic heterocycles. The second-order valence-corrected chi connectivity index (χ2v) is 2.45. The summed E-state index contributed by atoms with van der Waals surface area (Å²) in [6.45, 7) is 2.82. The fourth-order valence-electron chi connectivity index (χ4n) is 0.643. The van der Waals surface area contributed by atoms with Gasteiger partial charge in [-0.15, -0.1) is 4.52 Å². The monoisotopic (exact) mass is 207 g/mol. The van der Waals surface area contributed by atoms with E-state index in [9.17, 15) is 4.57 Å². The second kappa shape index (κ2) is 12.3. The Bertz CT molecular complexity index is 70.8. The third-order valence-corrected chi connectivity index (χ3v) is 1.48. The molecule has 0 spiro atoms. The van der Waals surface area contributed by atoms with Crippen molar-refractivity contribution >= 4 is 8.69 Å². The summed E-state index contributed by atoms with van der Waals surface area (Å²) in [4.78, 5) is 0. The number of hydrogen-bond acceptors (Lipinski definition) is 2. The van der Waals surface area contributed by atoms with E-state index in [1.54, 1.807) is 0 Å². The van der Waals surface area contributed by atoms with Gasteiger partial charge in [0.15, 0.2) is 0 Å². The van der Waals surface area contributed by atoms with E-state index in [1.165, 1.54) is 19.3 Å². The largest absolute Gasteiger partial charge is 0.494 e. The van der Waals surface area contributed by atoms with Gasteiger partial charge in [-0.05, 0) is 11.0 Å². The van der Waals surface area contributed by atoms with Crippen LogP contribution in [0.4, 0.5) is 0 Å². The van der Waals surface area contributed by atoms with Crippen LogP contribution in [0.25, 0.3) is 0 Å². The Morgan fingerprint density at radius 3 is 2.50 bits per heavy atom. The minimum atomic E-state index is -0.580. The van der Waals surface area contributed by atoms with Crippen molar-refractivity contribution in [2.75, 3.05) is 6.61 Å². The molecule has 0 aromatic rings. The average molecular weight is 208 g/mol. The third-order valence-electron chi connectivity index (χ3n) is 1.16. The molecule has 0 N–H and O–H groups in total. The molecular weight excluding hydrogens is 194 g/mol. The summed E-state index contributed by atoms with van der Waals surface area (Å²) in [6.07, 6.45) is 4.73. The smallest absolute Gasteiger partial charge is 0.148 e. The van der Waals surface area contributed by atoms with Gasteiger partial charge in [0, 0.05) is 16.5 Å². The first-order chi connectivity index (χ1) is 4.41. The zero-order valence-corrected chi connectivity index (χ0v) is 8.16. The van der Waals surface area contributed by atoms with Gasteiger partial charge in [0.1, 0.15) is 6.61 Å². The topological polar surface area (TPSA) is 26.3 Å². The van der Waals surface area contributed by atoms with Crippen molar-refractivity contribution in [3.63, 3.8) is 0 Å². The molecule has 2 nitrogen and oxygen atoms in total. The van der Waals surface area contributed by atoms with Crippen molar-refractivity contribution in [3.8, 4) is 0 Å². The van der Waals surface area contributed by atoms with E-state index in [0.29, 0.717) is 6.61 Å². The molecule has 1 unspecified atom stereocenters. The van der Waals surface area contributed by atoms with Crippen molar-refractivity contribution in [2.45, 2.75) is 32.6 Å². The van der Waals surface area contributed by atoms with Gasteiger partial charge in [-0.25, -0.2) is 0 Å². The molecule has 0 aliphatic carbocycles. The molecule has 0 rings (SSSR count). The van der Waals surface area contributed by atoms with Crippen LogP contribution < -0.4 is 0 Å². The molecular formula is C6H14NiO2P+. The first-order valence-corrected chi connectivity index (χ1v) is 4.22. The zero-order valence-electron chi connectivity index (χ0n) is 6.17. The minimum Gasteiger partial charge on any atom is -0.148 e. The summed E-state index contributed by atoms with van der Waals surface area (Å²) in [5.74, 6) is 0. The predicted octanol–water partition coefficient (Wildman–Crippen LogP) is 2.52. The van der Waals surface area contributed by atoms with Crippen molar-refractivity contribution in [2.24, 2.45) is 0 Å². The first-order valence-electron chi connectivity index (χ1n) is 3.40. The predicted molar refractivity (Wildman–Crippen MR) is 39.1 cm³/mol. The maximum absolute atomic E-state index is 9.77. The molecule has 0 heterocycles. The van der Waals surface area contributed by atoms with E-state index >= 15 is 0 Å². The molecule has 0 aliphatic rings. The van der Waals surface area contributed by atoms with Crippen LogP contribution in [0.1, 0.15) is 32.6 Å². The molecule has 1 atom stereocenters. The van der Waals surface area contributed by atoms with Gasteiger partial charge in [-0.1, -0.05) is 26.2 Å². The van der Waals surface area contributed by atoms with Crippen molar-refractivity contribution in [1.29, 1.82) is 0 Å². The van der Waals surface area contributed by atoms with Gasteiger partial charge in [0.05, 0.1) is 0 Å². The van der Waals surface area contributed by atoms with Gasteiger partial charge >= 0.3 is 8.69 Å². The van der Waals surface area contributed by atoms with Crippen LogP contribution in [0.5, 0.6) is 0 Å². The summed E-state index contributed by atoms with van der Waals surface area (Å²) in [6, 6.07) is 0. The Hall–Kier alpha value is 0.554. The second-order valence-electron chi connectivity index (χ2n) is 1.99. The Morgan fingerprint density at radius 1 is 1.30 bits per heavy atom. The van der Waals surface area contributed by atoms with E-state index < -0.39 is 8.69 Å². The molecule has 64 valence electrons. The minimum absolute atomic E-state index is 0. The molecule has 0 aliphatic heterocycles. The van der Waals surface area contributed by atoms with Gasteiger partial charge < -0.3 is 0 Å². The quantitative estimate of drug-likeness (QED) is 0.380. The maximum atomic E-state index is 9.77. The summed E-state index contributed by atoms with van der Waals surface area (Å²) in [5, 5.41) is 0. The van der Waals surface area contributed by atoms with Crippen molar-refractivity contribution in [1.82, 2.24) is 0 Å². The van der Waals surface area contributed by atoms with Gasteiger partial charge in [0.25, 0.3) is 0 Å².